The number of amides is 1. The summed E-state index contributed by atoms with van der Waals surface area (Å²) in [4.78, 5) is 26.0. The maximum absolute atomic E-state index is 13.8. The molecule has 254 valence electrons. The smallest absolute Gasteiger partial charge is 0.365 e. The van der Waals surface area contributed by atoms with Crippen LogP contribution in [0, 0.1) is 12.8 Å². The SMILES string of the molecule is CCCCC(=O)Nc1ccc(-c2ccc(C(=O)CC(CCc3ccccc3)C(NS(=O)c3ccc(C(F)(F)F)cc3)OC)c(C)c2)cc1. The van der Waals surface area contributed by atoms with E-state index in [9.17, 15) is 27.0 Å². The third-order valence-corrected chi connectivity index (χ3v) is 9.33. The Kier molecular flexibility index (Phi) is 13.3. The molecular formula is C38H41F3N2O4S. The molecule has 0 spiro atoms. The predicted molar refractivity (Wildman–Crippen MR) is 184 cm³/mol. The van der Waals surface area contributed by atoms with Gasteiger partial charge < -0.3 is 10.1 Å². The van der Waals surface area contributed by atoms with Crippen LogP contribution in [0.4, 0.5) is 18.9 Å². The van der Waals surface area contributed by atoms with Crippen molar-refractivity contribution in [3.05, 3.63) is 119 Å². The summed E-state index contributed by atoms with van der Waals surface area (Å²) in [6, 6.07) is 27.1. The molecule has 48 heavy (non-hydrogen) atoms. The fraction of sp³-hybridized carbons (Fsp3) is 0.316. The highest BCUT2D eigenvalue weighted by Crippen LogP contribution is 2.30. The Morgan fingerprint density at radius 1 is 0.896 bits per heavy atom. The number of hydrogen-bond donors (Lipinski definition) is 2. The number of anilines is 1. The number of hydrogen-bond acceptors (Lipinski definition) is 4. The van der Waals surface area contributed by atoms with Gasteiger partial charge in [0.25, 0.3) is 0 Å². The molecule has 0 aliphatic heterocycles. The number of halogens is 3. The maximum Gasteiger partial charge on any atom is 0.416 e. The number of nitrogens with one attached hydrogen (secondary N) is 2. The van der Waals surface area contributed by atoms with E-state index in [1.165, 1.54) is 19.2 Å². The summed E-state index contributed by atoms with van der Waals surface area (Å²) in [7, 11) is -0.441. The Morgan fingerprint density at radius 3 is 2.17 bits per heavy atom. The molecule has 4 aromatic carbocycles. The van der Waals surface area contributed by atoms with Gasteiger partial charge in [-0.05, 0) is 84.8 Å². The van der Waals surface area contributed by atoms with Gasteiger partial charge in [-0.15, -0.1) is 0 Å². The van der Waals surface area contributed by atoms with Crippen molar-refractivity contribution in [2.45, 2.75) is 69.7 Å². The second-order valence-corrected chi connectivity index (χ2v) is 13.0. The second-order valence-electron chi connectivity index (χ2n) is 11.7. The molecule has 0 radical (unpaired) electrons. The lowest BCUT2D eigenvalue weighted by molar-refractivity contribution is -0.137. The van der Waals surface area contributed by atoms with E-state index < -0.39 is 34.9 Å². The first kappa shape index (κ1) is 36.7. The summed E-state index contributed by atoms with van der Waals surface area (Å²) in [6.45, 7) is 3.92. The molecule has 0 saturated carbocycles. The molecular weight excluding hydrogens is 637 g/mol. The normalized spacial score (nSPS) is 13.5. The first-order valence-electron chi connectivity index (χ1n) is 15.9. The van der Waals surface area contributed by atoms with E-state index >= 15 is 0 Å². The molecule has 2 N–H and O–H groups in total. The van der Waals surface area contributed by atoms with Gasteiger partial charge in [-0.3, -0.25) is 9.59 Å². The number of Topliss-reactive ketones (excluding diaryl/α,β-unsaturated/α-hetero) is 1. The summed E-state index contributed by atoms with van der Waals surface area (Å²) in [6.07, 6.45) is -1.78. The van der Waals surface area contributed by atoms with E-state index in [2.05, 4.69) is 10.0 Å². The lowest BCUT2D eigenvalue weighted by Gasteiger charge is -2.26. The third kappa shape index (κ3) is 10.4. The number of carbonyl (C=O) groups excluding carboxylic acids is 2. The van der Waals surface area contributed by atoms with Crippen molar-refractivity contribution in [3.63, 3.8) is 0 Å². The standard InChI is InChI=1S/C38H41F3N2O4S/c1-4-5-11-36(45)42-32-19-14-28(15-20-32)29-16-23-34(26(2)24-29)35(44)25-30(13-12-27-9-7-6-8-10-27)37(47-3)43-48(46)33-21-17-31(18-22-33)38(39,40)41/h6-10,14-24,30,37,43H,4-5,11-13,25H2,1-3H3,(H,42,45). The minimum absolute atomic E-state index is 0.0119. The number of unbranched alkanes of at least 4 members (excludes halogenated alkanes) is 1. The van der Waals surface area contributed by atoms with E-state index in [0.29, 0.717) is 24.8 Å². The van der Waals surface area contributed by atoms with Crippen LogP contribution in [0.5, 0.6) is 0 Å². The minimum Gasteiger partial charge on any atom is -0.365 e. The zero-order valence-corrected chi connectivity index (χ0v) is 28.1. The van der Waals surface area contributed by atoms with Crippen molar-refractivity contribution in [2.75, 3.05) is 12.4 Å². The lowest BCUT2D eigenvalue weighted by Crippen LogP contribution is -2.40. The van der Waals surface area contributed by atoms with Gasteiger partial charge in [-0.25, -0.2) is 8.93 Å². The van der Waals surface area contributed by atoms with Crippen LogP contribution in [-0.4, -0.2) is 29.2 Å². The number of aryl methyl sites for hydroxylation is 2. The van der Waals surface area contributed by atoms with Gasteiger partial charge in [-0.1, -0.05) is 74.0 Å². The summed E-state index contributed by atoms with van der Waals surface area (Å²) in [5.74, 6) is -0.520. The monoisotopic (exact) mass is 678 g/mol. The maximum atomic E-state index is 13.8. The Balaban J connectivity index is 1.49. The molecule has 0 aliphatic carbocycles. The van der Waals surface area contributed by atoms with Crippen LogP contribution in [0.25, 0.3) is 11.1 Å². The first-order valence-corrected chi connectivity index (χ1v) is 17.1. The summed E-state index contributed by atoms with van der Waals surface area (Å²) in [5, 5.41) is 2.91. The van der Waals surface area contributed by atoms with Gasteiger partial charge >= 0.3 is 6.18 Å². The van der Waals surface area contributed by atoms with Gasteiger partial charge in [0.05, 0.1) is 10.5 Å². The molecule has 6 nitrogen and oxygen atoms in total. The lowest BCUT2D eigenvalue weighted by atomic mass is 9.89. The van der Waals surface area contributed by atoms with Gasteiger partial charge in [0, 0.05) is 37.1 Å². The quantitative estimate of drug-likeness (QED) is 0.0916. The van der Waals surface area contributed by atoms with Crippen LogP contribution in [0.15, 0.2) is 102 Å². The second kappa shape index (κ2) is 17.3. The van der Waals surface area contributed by atoms with Gasteiger partial charge in [0.2, 0.25) is 5.91 Å². The number of ketones is 1. The van der Waals surface area contributed by atoms with E-state index in [1.807, 2.05) is 80.6 Å². The number of benzene rings is 4. The summed E-state index contributed by atoms with van der Waals surface area (Å²) >= 11 is 0. The largest absolute Gasteiger partial charge is 0.416 e. The summed E-state index contributed by atoms with van der Waals surface area (Å²) in [5.41, 5.74) is 4.19. The molecule has 1 amide bonds. The highest BCUT2D eigenvalue weighted by atomic mass is 32.2. The van der Waals surface area contributed by atoms with Crippen LogP contribution >= 0.6 is 0 Å². The molecule has 0 bridgehead atoms. The van der Waals surface area contributed by atoms with E-state index in [4.69, 9.17) is 4.74 Å². The average molecular weight is 679 g/mol. The van der Waals surface area contributed by atoms with Crippen LogP contribution in [0.3, 0.4) is 0 Å². The molecule has 3 atom stereocenters. The third-order valence-electron chi connectivity index (χ3n) is 8.18. The van der Waals surface area contributed by atoms with Gasteiger partial charge in [-0.2, -0.15) is 13.2 Å². The van der Waals surface area contributed by atoms with Crippen molar-refractivity contribution < 1.29 is 31.7 Å². The first-order chi connectivity index (χ1) is 23.0. The molecule has 0 aliphatic rings. The number of methoxy groups -OCH3 is 1. The zero-order valence-electron chi connectivity index (χ0n) is 27.3. The number of carbonyl (C=O) groups is 2. The Labute approximate surface area is 282 Å². The van der Waals surface area contributed by atoms with Gasteiger partial charge in [0.1, 0.15) is 17.2 Å². The molecule has 0 aromatic heterocycles. The molecule has 4 rings (SSSR count). The van der Waals surface area contributed by atoms with Crippen LogP contribution < -0.4 is 10.0 Å². The molecule has 0 heterocycles. The molecule has 3 unspecified atom stereocenters. The van der Waals surface area contributed by atoms with Crippen LogP contribution in [0.2, 0.25) is 0 Å². The topological polar surface area (TPSA) is 84.5 Å². The molecule has 10 heteroatoms. The van der Waals surface area contributed by atoms with Crippen LogP contribution in [-0.2, 0) is 33.1 Å². The Bertz CT molecular complexity index is 1680. The fourth-order valence-corrected chi connectivity index (χ4v) is 6.47. The Hall–Kier alpha value is -4.12. The predicted octanol–water partition coefficient (Wildman–Crippen LogP) is 8.92. The minimum atomic E-state index is -4.50. The van der Waals surface area contributed by atoms with Crippen LogP contribution in [0.1, 0.15) is 66.1 Å². The number of ether oxygens (including phenoxy) is 1. The Morgan fingerprint density at radius 2 is 1.56 bits per heavy atom. The van der Waals surface area contributed by atoms with Gasteiger partial charge in [0.15, 0.2) is 5.78 Å². The number of alkyl halides is 3. The van der Waals surface area contributed by atoms with Crippen molar-refractivity contribution in [1.82, 2.24) is 4.72 Å². The highest BCUT2D eigenvalue weighted by molar-refractivity contribution is 7.83. The zero-order chi connectivity index (χ0) is 34.7. The summed E-state index contributed by atoms with van der Waals surface area (Å²) < 4.78 is 60.9. The van der Waals surface area contributed by atoms with Crippen molar-refractivity contribution in [2.24, 2.45) is 5.92 Å². The van der Waals surface area contributed by atoms with E-state index in [-0.39, 0.29) is 23.0 Å². The average Bonchev–Trinajstić information content (AvgIpc) is 3.08. The fourth-order valence-electron chi connectivity index (χ4n) is 5.45. The molecule has 0 saturated heterocycles. The van der Waals surface area contributed by atoms with Crippen molar-refractivity contribution >= 4 is 28.4 Å². The van der Waals surface area contributed by atoms with Crippen molar-refractivity contribution in [1.29, 1.82) is 0 Å². The van der Waals surface area contributed by atoms with E-state index in [1.54, 1.807) is 6.07 Å². The number of rotatable bonds is 16. The van der Waals surface area contributed by atoms with E-state index in [0.717, 1.165) is 52.9 Å². The highest BCUT2D eigenvalue weighted by Gasteiger charge is 2.31. The molecule has 4 aromatic rings. The van der Waals surface area contributed by atoms with Crippen molar-refractivity contribution in [3.8, 4) is 11.1 Å². The molecule has 0 fully saturated rings.